The van der Waals surface area contributed by atoms with E-state index in [1.807, 2.05) is 19.3 Å². The van der Waals surface area contributed by atoms with Gasteiger partial charge in [-0.1, -0.05) is 12.1 Å². The predicted octanol–water partition coefficient (Wildman–Crippen LogP) is 1.34. The van der Waals surface area contributed by atoms with Crippen molar-refractivity contribution in [3.8, 4) is 11.1 Å². The lowest BCUT2D eigenvalue weighted by Crippen LogP contribution is -2.48. The zero-order valence-electron chi connectivity index (χ0n) is 14.0. The highest BCUT2D eigenvalue weighted by molar-refractivity contribution is 5.82. The van der Waals surface area contributed by atoms with Gasteiger partial charge in [0.2, 0.25) is 5.91 Å². The molecule has 0 bridgehead atoms. The topological polar surface area (TPSA) is 54.0 Å². The molecule has 122 valence electrons. The number of aromatic nitrogens is 1. The summed E-state index contributed by atoms with van der Waals surface area (Å²) in [7, 11) is 0. The van der Waals surface area contributed by atoms with E-state index in [4.69, 9.17) is 0 Å². The van der Waals surface area contributed by atoms with Crippen LogP contribution in [0.5, 0.6) is 0 Å². The van der Waals surface area contributed by atoms with Crippen molar-refractivity contribution in [2.45, 2.75) is 32.9 Å². The SMILES string of the molecule is Cc1cnc(C)c(-c2ccc3c(c2)=CNC(NC(=O)C2CC2)C=3)c1. The van der Waals surface area contributed by atoms with Crippen molar-refractivity contribution in [1.82, 2.24) is 15.6 Å². The highest BCUT2D eigenvalue weighted by Crippen LogP contribution is 2.28. The van der Waals surface area contributed by atoms with Gasteiger partial charge < -0.3 is 10.6 Å². The number of amides is 1. The summed E-state index contributed by atoms with van der Waals surface area (Å²) in [6.07, 6.45) is 7.86. The molecule has 1 fully saturated rings. The number of aryl methyl sites for hydroxylation is 2. The molecular weight excluding hydrogens is 298 g/mol. The Balaban J connectivity index is 1.65. The summed E-state index contributed by atoms with van der Waals surface area (Å²) >= 11 is 0. The maximum atomic E-state index is 11.9. The molecule has 1 aromatic heterocycles. The van der Waals surface area contributed by atoms with Crippen LogP contribution in [0.4, 0.5) is 0 Å². The first-order valence-electron chi connectivity index (χ1n) is 8.42. The fourth-order valence-electron chi connectivity index (χ4n) is 3.06. The van der Waals surface area contributed by atoms with Gasteiger partial charge in [0.05, 0.1) is 0 Å². The Morgan fingerprint density at radius 3 is 2.83 bits per heavy atom. The van der Waals surface area contributed by atoms with Crippen LogP contribution in [0.1, 0.15) is 24.1 Å². The summed E-state index contributed by atoms with van der Waals surface area (Å²) in [5, 5.41) is 8.57. The highest BCUT2D eigenvalue weighted by Gasteiger charge is 2.30. The second-order valence-electron chi connectivity index (χ2n) is 6.73. The lowest BCUT2D eigenvalue weighted by Gasteiger charge is -2.18. The summed E-state index contributed by atoms with van der Waals surface area (Å²) in [5.41, 5.74) is 4.51. The summed E-state index contributed by atoms with van der Waals surface area (Å²) in [6.45, 7) is 4.09. The van der Waals surface area contributed by atoms with Crippen molar-refractivity contribution in [3.05, 3.63) is 52.2 Å². The molecule has 0 saturated heterocycles. The molecule has 0 radical (unpaired) electrons. The van der Waals surface area contributed by atoms with Crippen molar-refractivity contribution < 1.29 is 4.79 Å². The lowest BCUT2D eigenvalue weighted by atomic mass is 10.0. The van der Waals surface area contributed by atoms with E-state index in [1.165, 1.54) is 0 Å². The first kappa shape index (κ1) is 14.9. The first-order valence-corrected chi connectivity index (χ1v) is 8.42. The van der Waals surface area contributed by atoms with Gasteiger partial charge in [-0.2, -0.15) is 0 Å². The zero-order chi connectivity index (χ0) is 16.7. The van der Waals surface area contributed by atoms with E-state index < -0.39 is 0 Å². The number of fused-ring (bicyclic) bond motifs is 1. The highest BCUT2D eigenvalue weighted by atomic mass is 16.2. The minimum atomic E-state index is -0.126. The molecule has 1 unspecified atom stereocenters. The summed E-state index contributed by atoms with van der Waals surface area (Å²) in [6, 6.07) is 8.57. The Bertz CT molecular complexity index is 928. The molecule has 1 saturated carbocycles. The van der Waals surface area contributed by atoms with E-state index in [-0.39, 0.29) is 18.0 Å². The smallest absolute Gasteiger partial charge is 0.224 e. The molecule has 4 heteroatoms. The van der Waals surface area contributed by atoms with Gasteiger partial charge in [0.15, 0.2) is 0 Å². The molecule has 24 heavy (non-hydrogen) atoms. The van der Waals surface area contributed by atoms with E-state index >= 15 is 0 Å². The van der Waals surface area contributed by atoms with Gasteiger partial charge in [0.25, 0.3) is 0 Å². The average molecular weight is 319 g/mol. The molecule has 2 N–H and O–H groups in total. The van der Waals surface area contributed by atoms with Gasteiger partial charge in [-0.15, -0.1) is 0 Å². The quantitative estimate of drug-likeness (QED) is 0.898. The van der Waals surface area contributed by atoms with Crippen LogP contribution in [-0.2, 0) is 4.79 Å². The van der Waals surface area contributed by atoms with Gasteiger partial charge in [0, 0.05) is 29.6 Å². The number of carbonyl (C=O) groups is 1. The molecule has 2 heterocycles. The fourth-order valence-corrected chi connectivity index (χ4v) is 3.06. The molecule has 1 aliphatic heterocycles. The van der Waals surface area contributed by atoms with E-state index in [0.717, 1.165) is 45.7 Å². The summed E-state index contributed by atoms with van der Waals surface area (Å²) < 4.78 is 0. The number of nitrogens with zero attached hydrogens (tertiary/aromatic N) is 1. The summed E-state index contributed by atoms with van der Waals surface area (Å²) in [4.78, 5) is 16.4. The zero-order valence-corrected chi connectivity index (χ0v) is 14.0. The molecule has 0 spiro atoms. The molecular formula is C20H21N3O. The van der Waals surface area contributed by atoms with Crippen molar-refractivity contribution in [2.75, 3.05) is 0 Å². The number of hydrogen-bond acceptors (Lipinski definition) is 3. The Morgan fingerprint density at radius 2 is 2.04 bits per heavy atom. The van der Waals surface area contributed by atoms with Crippen LogP contribution in [0.25, 0.3) is 23.4 Å². The van der Waals surface area contributed by atoms with Crippen LogP contribution in [-0.4, -0.2) is 17.1 Å². The monoisotopic (exact) mass is 319 g/mol. The van der Waals surface area contributed by atoms with Crippen LogP contribution < -0.4 is 21.1 Å². The van der Waals surface area contributed by atoms with E-state index in [2.05, 4.69) is 52.9 Å². The molecule has 1 amide bonds. The number of pyridine rings is 1. The van der Waals surface area contributed by atoms with Crippen LogP contribution in [0.15, 0.2) is 30.5 Å². The largest absolute Gasteiger partial charge is 0.368 e. The van der Waals surface area contributed by atoms with E-state index in [1.54, 1.807) is 0 Å². The number of benzene rings is 1. The molecule has 2 aromatic rings. The Hall–Kier alpha value is -2.62. The van der Waals surface area contributed by atoms with Gasteiger partial charge in [0.1, 0.15) is 6.17 Å². The molecule has 1 atom stereocenters. The van der Waals surface area contributed by atoms with Crippen molar-refractivity contribution in [3.63, 3.8) is 0 Å². The van der Waals surface area contributed by atoms with E-state index in [9.17, 15) is 4.79 Å². The van der Waals surface area contributed by atoms with Crippen molar-refractivity contribution in [1.29, 1.82) is 0 Å². The van der Waals surface area contributed by atoms with Crippen LogP contribution in [0.2, 0.25) is 0 Å². The van der Waals surface area contributed by atoms with Crippen molar-refractivity contribution in [2.24, 2.45) is 5.92 Å². The third kappa shape index (κ3) is 2.92. The molecule has 2 aliphatic rings. The Morgan fingerprint density at radius 1 is 1.21 bits per heavy atom. The van der Waals surface area contributed by atoms with Gasteiger partial charge >= 0.3 is 0 Å². The van der Waals surface area contributed by atoms with Crippen LogP contribution in [0, 0.1) is 19.8 Å². The van der Waals surface area contributed by atoms with Crippen LogP contribution in [0.3, 0.4) is 0 Å². The Labute approximate surface area is 141 Å². The predicted molar refractivity (Wildman–Crippen MR) is 95.1 cm³/mol. The molecule has 1 aromatic carbocycles. The minimum absolute atomic E-state index is 0.126. The normalized spacial score (nSPS) is 18.7. The summed E-state index contributed by atoms with van der Waals surface area (Å²) in [5.74, 6) is 0.374. The number of nitrogens with one attached hydrogen (secondary N) is 2. The number of carbonyl (C=O) groups excluding carboxylic acids is 1. The maximum absolute atomic E-state index is 11.9. The second-order valence-corrected chi connectivity index (χ2v) is 6.73. The molecule has 1 aliphatic carbocycles. The Kier molecular flexibility index (Phi) is 3.60. The third-order valence-electron chi connectivity index (χ3n) is 4.63. The fraction of sp³-hybridized carbons (Fsp3) is 0.300. The lowest BCUT2D eigenvalue weighted by molar-refractivity contribution is -0.122. The van der Waals surface area contributed by atoms with Crippen molar-refractivity contribution >= 4 is 18.2 Å². The minimum Gasteiger partial charge on any atom is -0.368 e. The average Bonchev–Trinajstić information content (AvgIpc) is 3.42. The van der Waals surface area contributed by atoms with E-state index in [0.29, 0.717) is 0 Å². The van der Waals surface area contributed by atoms with Gasteiger partial charge in [-0.25, -0.2) is 0 Å². The molecule has 4 nitrogen and oxygen atoms in total. The molecule has 4 rings (SSSR count). The maximum Gasteiger partial charge on any atom is 0.224 e. The standard InChI is InChI=1S/C20H21N3O/c1-12-7-18(13(2)21-10-12)16-6-5-15-9-19(22-11-17(15)8-16)23-20(24)14-3-4-14/h5-11,14,19,22H,3-4H2,1-2H3,(H,23,24). The third-order valence-corrected chi connectivity index (χ3v) is 4.63. The number of rotatable bonds is 3. The van der Waals surface area contributed by atoms with Gasteiger partial charge in [-0.3, -0.25) is 9.78 Å². The number of hydrogen-bond donors (Lipinski definition) is 2. The second kappa shape index (κ2) is 5.78. The first-order chi connectivity index (χ1) is 11.6. The van der Waals surface area contributed by atoms with Crippen LogP contribution >= 0.6 is 0 Å². The van der Waals surface area contributed by atoms with Gasteiger partial charge in [-0.05, 0) is 66.5 Å².